The summed E-state index contributed by atoms with van der Waals surface area (Å²) in [4.78, 5) is 4.16. The van der Waals surface area contributed by atoms with E-state index in [1.54, 1.807) is 0 Å². The van der Waals surface area contributed by atoms with Crippen molar-refractivity contribution < 1.29 is 26.3 Å². The second kappa shape index (κ2) is 7.25. The minimum Gasteiger partial charge on any atom is -0.404 e. The zero-order chi connectivity index (χ0) is 18.1. The van der Waals surface area contributed by atoms with E-state index in [1.807, 2.05) is 0 Å². The lowest BCUT2D eigenvalue weighted by molar-refractivity contribution is -0.274. The van der Waals surface area contributed by atoms with Crippen LogP contribution >= 0.6 is 46.1 Å². The van der Waals surface area contributed by atoms with Gasteiger partial charge in [0.25, 0.3) is 0 Å². The summed E-state index contributed by atoms with van der Waals surface area (Å²) < 4.78 is 65.0. The van der Waals surface area contributed by atoms with Crippen molar-refractivity contribution in [3.05, 3.63) is 43.3 Å². The zero-order valence-corrected chi connectivity index (χ0v) is 15.3. The molecule has 0 amide bonds. The SMILES string of the molecule is O=S(=O)(Cc1cnc(Cl)s1)Cc1cc(Cl)c(OC(F)(F)F)cc1Cl. The normalized spacial score (nSPS) is 12.4. The number of benzene rings is 1. The van der Waals surface area contributed by atoms with Crippen molar-refractivity contribution in [2.45, 2.75) is 17.9 Å². The van der Waals surface area contributed by atoms with Gasteiger partial charge in [0.05, 0.1) is 16.5 Å². The van der Waals surface area contributed by atoms with E-state index in [0.717, 1.165) is 23.5 Å². The molecule has 4 nitrogen and oxygen atoms in total. The highest BCUT2D eigenvalue weighted by molar-refractivity contribution is 7.90. The van der Waals surface area contributed by atoms with Gasteiger partial charge in [-0.05, 0) is 11.6 Å². The van der Waals surface area contributed by atoms with Gasteiger partial charge in [-0.2, -0.15) is 0 Å². The molecule has 0 atom stereocenters. The zero-order valence-electron chi connectivity index (χ0n) is 11.4. The quantitative estimate of drug-likeness (QED) is 0.648. The van der Waals surface area contributed by atoms with Gasteiger partial charge in [-0.15, -0.1) is 24.5 Å². The molecule has 0 aliphatic heterocycles. The Balaban J connectivity index is 2.21. The minimum absolute atomic E-state index is 0.0619. The summed E-state index contributed by atoms with van der Waals surface area (Å²) in [6.07, 6.45) is -3.61. The first-order chi connectivity index (χ1) is 11.0. The van der Waals surface area contributed by atoms with Gasteiger partial charge in [-0.1, -0.05) is 34.8 Å². The van der Waals surface area contributed by atoms with Crippen LogP contribution < -0.4 is 4.74 Å². The van der Waals surface area contributed by atoms with Crippen molar-refractivity contribution in [3.8, 4) is 5.75 Å². The van der Waals surface area contributed by atoms with Gasteiger partial charge in [-0.3, -0.25) is 0 Å². The molecular formula is C12H7Cl3F3NO3S2. The van der Waals surface area contributed by atoms with Crippen molar-refractivity contribution >= 4 is 56.0 Å². The average molecular weight is 441 g/mol. The molecule has 0 fully saturated rings. The molecule has 0 aliphatic rings. The van der Waals surface area contributed by atoms with E-state index in [0.29, 0.717) is 4.88 Å². The van der Waals surface area contributed by atoms with E-state index >= 15 is 0 Å². The molecule has 2 rings (SSSR count). The van der Waals surface area contributed by atoms with E-state index in [4.69, 9.17) is 34.8 Å². The molecule has 12 heteroatoms. The number of alkyl halides is 3. The lowest BCUT2D eigenvalue weighted by atomic mass is 10.2. The molecule has 1 heterocycles. The van der Waals surface area contributed by atoms with E-state index in [1.165, 1.54) is 6.20 Å². The van der Waals surface area contributed by atoms with Crippen molar-refractivity contribution in [1.82, 2.24) is 4.98 Å². The predicted molar refractivity (Wildman–Crippen MR) is 86.6 cm³/mol. The second-order valence-corrected chi connectivity index (χ2v) is 9.11. The maximum Gasteiger partial charge on any atom is 0.573 e. The largest absolute Gasteiger partial charge is 0.573 e. The summed E-state index contributed by atoms with van der Waals surface area (Å²) in [5.74, 6) is -1.54. The Morgan fingerprint density at radius 1 is 1.12 bits per heavy atom. The highest BCUT2D eigenvalue weighted by Gasteiger charge is 2.32. The highest BCUT2D eigenvalue weighted by atomic mass is 35.5. The molecule has 1 aromatic carbocycles. The summed E-state index contributed by atoms with van der Waals surface area (Å²) in [6.45, 7) is 0. The van der Waals surface area contributed by atoms with E-state index in [9.17, 15) is 21.6 Å². The number of hydrogen-bond acceptors (Lipinski definition) is 5. The van der Waals surface area contributed by atoms with Crippen LogP contribution in [0.2, 0.25) is 14.5 Å². The van der Waals surface area contributed by atoms with Crippen molar-refractivity contribution in [3.63, 3.8) is 0 Å². The highest BCUT2D eigenvalue weighted by Crippen LogP contribution is 2.35. The Bertz CT molecular complexity index is 853. The van der Waals surface area contributed by atoms with Crippen LogP contribution in [0.3, 0.4) is 0 Å². The topological polar surface area (TPSA) is 56.3 Å². The third-order valence-corrected chi connectivity index (χ3v) is 6.04. The molecular weight excluding hydrogens is 434 g/mol. The van der Waals surface area contributed by atoms with E-state index in [2.05, 4.69) is 9.72 Å². The van der Waals surface area contributed by atoms with Crippen LogP contribution in [0.5, 0.6) is 5.75 Å². The van der Waals surface area contributed by atoms with Crippen molar-refractivity contribution in [2.75, 3.05) is 0 Å². The number of ether oxygens (including phenoxy) is 1. The van der Waals surface area contributed by atoms with Gasteiger partial charge >= 0.3 is 6.36 Å². The lowest BCUT2D eigenvalue weighted by Crippen LogP contribution is -2.17. The van der Waals surface area contributed by atoms with Gasteiger partial charge in [-0.25, -0.2) is 13.4 Å². The van der Waals surface area contributed by atoms with Crippen molar-refractivity contribution in [2.24, 2.45) is 0 Å². The second-order valence-electron chi connectivity index (χ2n) is 4.53. The molecule has 0 bridgehead atoms. The molecule has 0 spiro atoms. The lowest BCUT2D eigenvalue weighted by Gasteiger charge is -2.13. The number of nitrogens with zero attached hydrogens (tertiary/aromatic N) is 1. The van der Waals surface area contributed by atoms with Crippen LogP contribution in [0, 0.1) is 0 Å². The number of hydrogen-bond donors (Lipinski definition) is 0. The first kappa shape index (κ1) is 19.6. The molecule has 0 N–H and O–H groups in total. The molecule has 0 unspecified atom stereocenters. The predicted octanol–water partition coefficient (Wildman–Crippen LogP) is 5.12. The van der Waals surface area contributed by atoms with Gasteiger partial charge in [0, 0.05) is 22.2 Å². The number of halogens is 6. The number of rotatable bonds is 5. The molecule has 0 radical (unpaired) electrons. The average Bonchev–Trinajstić information content (AvgIpc) is 2.78. The van der Waals surface area contributed by atoms with Crippen LogP contribution in [-0.4, -0.2) is 19.8 Å². The van der Waals surface area contributed by atoms with Gasteiger partial charge in [0.2, 0.25) is 0 Å². The fourth-order valence-corrected chi connectivity index (χ4v) is 5.13. The molecule has 2 aromatic rings. The van der Waals surface area contributed by atoms with Crippen LogP contribution in [0.4, 0.5) is 13.2 Å². The summed E-state index contributed by atoms with van der Waals surface area (Å²) in [5, 5.41) is -0.604. The smallest absolute Gasteiger partial charge is 0.404 e. The summed E-state index contributed by atoms with van der Waals surface area (Å²) in [6, 6.07) is 1.86. The standard InChI is InChI=1S/C12H7Cl3F3NO3S2/c13-8-2-10(22-12(16,17)18)9(14)1-6(8)4-24(20,21)5-7-3-19-11(15)23-7/h1-3H,4-5H2. The molecule has 1 aromatic heterocycles. The molecule has 0 saturated heterocycles. The fourth-order valence-electron chi connectivity index (χ4n) is 1.74. The first-order valence-electron chi connectivity index (χ1n) is 5.99. The van der Waals surface area contributed by atoms with Crippen LogP contribution in [0.1, 0.15) is 10.4 Å². The van der Waals surface area contributed by atoms with E-state index < -0.39 is 32.7 Å². The Morgan fingerprint density at radius 2 is 1.79 bits per heavy atom. The van der Waals surface area contributed by atoms with Crippen LogP contribution in [0.15, 0.2) is 18.3 Å². The third-order valence-electron chi connectivity index (χ3n) is 2.59. The Hall–Kier alpha value is -0.740. The van der Waals surface area contributed by atoms with Gasteiger partial charge < -0.3 is 4.74 Å². The Labute approximate surface area is 154 Å². The first-order valence-corrected chi connectivity index (χ1v) is 9.77. The van der Waals surface area contributed by atoms with Gasteiger partial charge in [0.15, 0.2) is 14.3 Å². The monoisotopic (exact) mass is 439 g/mol. The molecule has 0 saturated carbocycles. The molecule has 24 heavy (non-hydrogen) atoms. The molecule has 132 valence electrons. The third kappa shape index (κ3) is 5.66. The Kier molecular flexibility index (Phi) is 5.91. The number of thiazole rings is 1. The Morgan fingerprint density at radius 3 is 2.33 bits per heavy atom. The van der Waals surface area contributed by atoms with Crippen LogP contribution in [0.25, 0.3) is 0 Å². The fraction of sp³-hybridized carbons (Fsp3) is 0.250. The van der Waals surface area contributed by atoms with Crippen molar-refractivity contribution in [1.29, 1.82) is 0 Å². The summed E-state index contributed by atoms with van der Waals surface area (Å²) in [5.41, 5.74) is 0.0619. The number of sulfone groups is 1. The molecule has 0 aliphatic carbocycles. The summed E-state index contributed by atoms with van der Waals surface area (Å²) >= 11 is 18.2. The maximum absolute atomic E-state index is 12.2. The summed E-state index contributed by atoms with van der Waals surface area (Å²) in [7, 11) is -3.66. The van der Waals surface area contributed by atoms with E-state index in [-0.39, 0.29) is 20.8 Å². The number of aromatic nitrogens is 1. The van der Waals surface area contributed by atoms with Gasteiger partial charge in [0.1, 0.15) is 5.75 Å². The van der Waals surface area contributed by atoms with Crippen LogP contribution in [-0.2, 0) is 21.3 Å². The minimum atomic E-state index is -4.94. The maximum atomic E-state index is 12.2.